The maximum atomic E-state index is 8.70. The molecule has 6 heteroatoms. The molecule has 0 fully saturated rings. The lowest BCUT2D eigenvalue weighted by atomic mass is 10.2. The molecule has 4 aromatic rings. The van der Waals surface area contributed by atoms with Gasteiger partial charge < -0.3 is 9.13 Å². The van der Waals surface area contributed by atoms with Crippen LogP contribution in [0.15, 0.2) is 55.4 Å². The summed E-state index contributed by atoms with van der Waals surface area (Å²) in [5.41, 5.74) is 5.78. The summed E-state index contributed by atoms with van der Waals surface area (Å²) in [6.07, 6.45) is 8.94. The van der Waals surface area contributed by atoms with E-state index in [0.29, 0.717) is 18.6 Å². The number of aryl methyl sites for hydroxylation is 1. The second-order valence-electron chi connectivity index (χ2n) is 6.43. The number of fused-ring (bicyclic) bond motifs is 1. The van der Waals surface area contributed by atoms with Gasteiger partial charge >= 0.3 is 0 Å². The van der Waals surface area contributed by atoms with Gasteiger partial charge in [-0.2, -0.15) is 0 Å². The predicted octanol–water partition coefficient (Wildman–Crippen LogP) is 2.82. The first-order valence-corrected chi connectivity index (χ1v) is 8.52. The van der Waals surface area contributed by atoms with E-state index in [1.54, 1.807) is 24.9 Å². The largest absolute Gasteiger partial charge is 0.325 e. The molecule has 0 radical (unpaired) electrons. The van der Waals surface area contributed by atoms with E-state index in [0.717, 1.165) is 33.4 Å². The van der Waals surface area contributed by atoms with Gasteiger partial charge in [0.15, 0.2) is 0 Å². The summed E-state index contributed by atoms with van der Waals surface area (Å²) >= 11 is 0. The third kappa shape index (κ3) is 2.79. The molecule has 130 valence electrons. The van der Waals surface area contributed by atoms with Gasteiger partial charge in [-0.3, -0.25) is 15.4 Å². The lowest BCUT2D eigenvalue weighted by molar-refractivity contribution is 0.715. The number of aromatic nitrogens is 5. The first-order valence-electron chi connectivity index (χ1n) is 8.52. The molecule has 26 heavy (non-hydrogen) atoms. The molecule has 0 aromatic carbocycles. The molecule has 4 rings (SSSR count). The van der Waals surface area contributed by atoms with Crippen LogP contribution in [0.4, 0.5) is 0 Å². The number of hydrogen-bond acceptors (Lipinski definition) is 4. The molecule has 0 aliphatic rings. The van der Waals surface area contributed by atoms with Crippen molar-refractivity contribution in [2.45, 2.75) is 26.9 Å². The van der Waals surface area contributed by atoms with Crippen molar-refractivity contribution in [1.29, 1.82) is 5.41 Å². The Hall–Kier alpha value is -3.28. The second kappa shape index (κ2) is 6.55. The van der Waals surface area contributed by atoms with Crippen molar-refractivity contribution in [3.05, 3.63) is 83.3 Å². The van der Waals surface area contributed by atoms with Crippen LogP contribution in [0.1, 0.15) is 22.4 Å². The molecule has 0 saturated heterocycles. The molecule has 0 saturated carbocycles. The first kappa shape index (κ1) is 16.2. The Labute approximate surface area is 151 Å². The predicted molar refractivity (Wildman–Crippen MR) is 99.7 cm³/mol. The Balaban J connectivity index is 1.81. The zero-order valence-corrected chi connectivity index (χ0v) is 14.8. The number of hydrogen-bond donors (Lipinski definition) is 1. The van der Waals surface area contributed by atoms with Crippen molar-refractivity contribution in [2.24, 2.45) is 0 Å². The van der Waals surface area contributed by atoms with Crippen LogP contribution in [0, 0.1) is 19.3 Å². The quantitative estimate of drug-likeness (QED) is 0.619. The van der Waals surface area contributed by atoms with Crippen LogP contribution >= 0.6 is 0 Å². The van der Waals surface area contributed by atoms with Crippen molar-refractivity contribution in [1.82, 2.24) is 24.1 Å². The molecule has 1 N–H and O–H groups in total. The Morgan fingerprint density at radius 1 is 0.962 bits per heavy atom. The molecule has 0 spiro atoms. The fourth-order valence-corrected chi connectivity index (χ4v) is 3.26. The molecule has 0 aliphatic heterocycles. The molecule has 6 nitrogen and oxygen atoms in total. The number of nitrogens with zero attached hydrogens (tertiary/aromatic N) is 5. The lowest BCUT2D eigenvalue weighted by Gasteiger charge is -2.09. The van der Waals surface area contributed by atoms with E-state index in [-0.39, 0.29) is 0 Å². The number of rotatable bonds is 4. The van der Waals surface area contributed by atoms with E-state index in [4.69, 9.17) is 5.41 Å². The van der Waals surface area contributed by atoms with Crippen molar-refractivity contribution < 1.29 is 0 Å². The molecule has 4 aromatic heterocycles. The summed E-state index contributed by atoms with van der Waals surface area (Å²) in [5, 5.41) is 9.61. The molecular formula is C20H20N6. The van der Waals surface area contributed by atoms with Gasteiger partial charge in [0, 0.05) is 30.5 Å². The SMILES string of the molecule is Cc1c(C)n(Cc2cccnc2)c2ncn(Cc3ccncc3)c(=N)c12. The molecule has 0 amide bonds. The van der Waals surface area contributed by atoms with Gasteiger partial charge in [-0.05, 0) is 48.7 Å². The van der Waals surface area contributed by atoms with E-state index in [9.17, 15) is 0 Å². The molecule has 0 aliphatic carbocycles. The van der Waals surface area contributed by atoms with Crippen molar-refractivity contribution >= 4 is 11.0 Å². The Morgan fingerprint density at radius 3 is 2.50 bits per heavy atom. The Bertz CT molecular complexity index is 1110. The Morgan fingerprint density at radius 2 is 1.77 bits per heavy atom. The maximum Gasteiger partial charge on any atom is 0.146 e. The standard InChI is InChI=1S/C20H20N6/c1-14-15(2)26(12-17-4-3-7-23-10-17)20-18(14)19(21)25(13-24-20)11-16-5-8-22-9-6-16/h3-10,13,21H,11-12H2,1-2H3. The van der Waals surface area contributed by atoms with Gasteiger partial charge in [-0.15, -0.1) is 0 Å². The van der Waals surface area contributed by atoms with Crippen LogP contribution in [0.2, 0.25) is 0 Å². The first-order chi connectivity index (χ1) is 12.6. The van der Waals surface area contributed by atoms with Crippen molar-refractivity contribution in [2.75, 3.05) is 0 Å². The van der Waals surface area contributed by atoms with E-state index < -0.39 is 0 Å². The number of nitrogens with one attached hydrogen (secondary N) is 1. The van der Waals surface area contributed by atoms with Gasteiger partial charge in [-0.1, -0.05) is 6.07 Å². The highest BCUT2D eigenvalue weighted by atomic mass is 15.1. The summed E-state index contributed by atoms with van der Waals surface area (Å²) < 4.78 is 4.04. The monoisotopic (exact) mass is 344 g/mol. The van der Waals surface area contributed by atoms with E-state index in [2.05, 4.69) is 39.4 Å². The van der Waals surface area contributed by atoms with E-state index >= 15 is 0 Å². The zero-order valence-electron chi connectivity index (χ0n) is 14.8. The fourth-order valence-electron chi connectivity index (χ4n) is 3.26. The average molecular weight is 344 g/mol. The molecule has 0 atom stereocenters. The van der Waals surface area contributed by atoms with Crippen LogP contribution in [0.5, 0.6) is 0 Å². The van der Waals surface area contributed by atoms with Crippen LogP contribution in [0.3, 0.4) is 0 Å². The maximum absolute atomic E-state index is 8.70. The lowest BCUT2D eigenvalue weighted by Crippen LogP contribution is -2.22. The number of pyridine rings is 2. The van der Waals surface area contributed by atoms with E-state index in [1.807, 2.05) is 29.0 Å². The second-order valence-corrected chi connectivity index (χ2v) is 6.43. The van der Waals surface area contributed by atoms with Gasteiger partial charge in [0.05, 0.1) is 24.8 Å². The van der Waals surface area contributed by atoms with Gasteiger partial charge in [-0.25, -0.2) is 4.98 Å². The van der Waals surface area contributed by atoms with Crippen LogP contribution < -0.4 is 5.49 Å². The van der Waals surface area contributed by atoms with Crippen LogP contribution in [0.25, 0.3) is 11.0 Å². The van der Waals surface area contributed by atoms with Crippen LogP contribution in [-0.4, -0.2) is 24.1 Å². The smallest absolute Gasteiger partial charge is 0.146 e. The van der Waals surface area contributed by atoms with Gasteiger partial charge in [0.25, 0.3) is 0 Å². The van der Waals surface area contributed by atoms with E-state index in [1.165, 1.54) is 0 Å². The van der Waals surface area contributed by atoms with Crippen molar-refractivity contribution in [3.63, 3.8) is 0 Å². The molecule has 0 unspecified atom stereocenters. The molecule has 0 bridgehead atoms. The highest BCUT2D eigenvalue weighted by molar-refractivity contribution is 5.80. The molecular weight excluding hydrogens is 324 g/mol. The van der Waals surface area contributed by atoms with Gasteiger partial charge in [0.2, 0.25) is 0 Å². The minimum Gasteiger partial charge on any atom is -0.325 e. The van der Waals surface area contributed by atoms with Crippen molar-refractivity contribution in [3.8, 4) is 0 Å². The topological polar surface area (TPSA) is 72.4 Å². The minimum absolute atomic E-state index is 0.484. The normalized spacial score (nSPS) is 11.2. The average Bonchev–Trinajstić information content (AvgIpc) is 2.91. The summed E-state index contributed by atoms with van der Waals surface area (Å²) in [4.78, 5) is 12.9. The summed E-state index contributed by atoms with van der Waals surface area (Å²) in [5.74, 6) is 0. The Kier molecular flexibility index (Phi) is 4.08. The highest BCUT2D eigenvalue weighted by Crippen LogP contribution is 2.21. The summed E-state index contributed by atoms with van der Waals surface area (Å²) in [6, 6.07) is 7.92. The fraction of sp³-hybridized carbons (Fsp3) is 0.200. The third-order valence-electron chi connectivity index (χ3n) is 4.81. The van der Waals surface area contributed by atoms with Gasteiger partial charge in [0.1, 0.15) is 11.1 Å². The zero-order chi connectivity index (χ0) is 18.1. The highest BCUT2D eigenvalue weighted by Gasteiger charge is 2.15. The summed E-state index contributed by atoms with van der Waals surface area (Å²) in [7, 11) is 0. The minimum atomic E-state index is 0.484. The third-order valence-corrected chi connectivity index (χ3v) is 4.81. The summed E-state index contributed by atoms with van der Waals surface area (Å²) in [6.45, 7) is 5.45. The molecule has 4 heterocycles. The van der Waals surface area contributed by atoms with Crippen LogP contribution in [-0.2, 0) is 13.1 Å².